The molecule has 0 spiro atoms. The third-order valence-electron chi connectivity index (χ3n) is 1.98. The second-order valence-corrected chi connectivity index (χ2v) is 4.64. The number of methoxy groups -OCH3 is 1. The Labute approximate surface area is 97.4 Å². The molecule has 1 amide bonds. The molecular formula is C9H10N2O5S. The van der Waals surface area contributed by atoms with Crippen molar-refractivity contribution in [3.05, 3.63) is 29.3 Å². The van der Waals surface area contributed by atoms with Crippen molar-refractivity contribution in [2.45, 2.75) is 4.90 Å². The molecule has 1 rings (SSSR count). The zero-order valence-electron chi connectivity index (χ0n) is 8.84. The van der Waals surface area contributed by atoms with Gasteiger partial charge in [0.2, 0.25) is 15.9 Å². The van der Waals surface area contributed by atoms with Crippen LogP contribution in [-0.4, -0.2) is 27.4 Å². The number of carbonyl (C=O) groups excluding carboxylic acids is 2. The van der Waals surface area contributed by atoms with Crippen molar-refractivity contribution < 1.29 is 22.7 Å². The van der Waals surface area contributed by atoms with Crippen LogP contribution in [-0.2, 0) is 14.8 Å². The molecule has 0 unspecified atom stereocenters. The highest BCUT2D eigenvalue weighted by Gasteiger charge is 2.21. The number of benzene rings is 1. The van der Waals surface area contributed by atoms with Gasteiger partial charge in [-0.15, -0.1) is 0 Å². The van der Waals surface area contributed by atoms with Gasteiger partial charge >= 0.3 is 5.97 Å². The Morgan fingerprint density at radius 2 is 1.88 bits per heavy atom. The standard InChI is InChI=1S/C9H10N2O5S/c1-16-9(13)6-3-2-5(8(10)12)4-7(6)17(11,14)15/h2-4H,1H3,(H2,10,12)(H2,11,14,15). The number of amides is 1. The van der Waals surface area contributed by atoms with Gasteiger partial charge in [0.25, 0.3) is 0 Å². The average molecular weight is 258 g/mol. The number of rotatable bonds is 3. The zero-order chi connectivity index (χ0) is 13.2. The molecule has 0 saturated carbocycles. The lowest BCUT2D eigenvalue weighted by atomic mass is 10.1. The number of primary sulfonamides is 1. The van der Waals surface area contributed by atoms with Gasteiger partial charge in [0.15, 0.2) is 0 Å². The van der Waals surface area contributed by atoms with E-state index in [1.54, 1.807) is 0 Å². The number of esters is 1. The summed E-state index contributed by atoms with van der Waals surface area (Å²) in [5.41, 5.74) is 4.68. The Balaban J connectivity index is 3.54. The van der Waals surface area contributed by atoms with Crippen LogP contribution >= 0.6 is 0 Å². The normalized spacial score (nSPS) is 10.9. The molecule has 0 aliphatic heterocycles. The first-order chi connectivity index (χ1) is 7.77. The van der Waals surface area contributed by atoms with Crippen LogP contribution in [0.15, 0.2) is 23.1 Å². The first-order valence-corrected chi connectivity index (χ1v) is 5.87. The minimum absolute atomic E-state index is 0.0679. The molecule has 0 atom stereocenters. The van der Waals surface area contributed by atoms with Crippen molar-refractivity contribution in [3.63, 3.8) is 0 Å². The molecule has 1 aromatic carbocycles. The maximum absolute atomic E-state index is 11.3. The quantitative estimate of drug-likeness (QED) is 0.687. The van der Waals surface area contributed by atoms with Crippen LogP contribution < -0.4 is 10.9 Å². The molecule has 0 aromatic heterocycles. The van der Waals surface area contributed by atoms with Gasteiger partial charge in [0, 0.05) is 5.56 Å². The van der Waals surface area contributed by atoms with E-state index in [2.05, 4.69) is 4.74 Å². The molecule has 1 aromatic rings. The van der Waals surface area contributed by atoms with Crippen molar-refractivity contribution in [1.82, 2.24) is 0 Å². The molecule has 4 N–H and O–H groups in total. The zero-order valence-corrected chi connectivity index (χ0v) is 9.65. The minimum atomic E-state index is -4.15. The Morgan fingerprint density at radius 1 is 1.29 bits per heavy atom. The van der Waals surface area contributed by atoms with E-state index in [1.165, 1.54) is 6.07 Å². The fourth-order valence-corrected chi connectivity index (χ4v) is 1.94. The van der Waals surface area contributed by atoms with Crippen molar-refractivity contribution in [3.8, 4) is 0 Å². The van der Waals surface area contributed by atoms with Gasteiger partial charge in [-0.25, -0.2) is 18.4 Å². The fraction of sp³-hybridized carbons (Fsp3) is 0.111. The van der Waals surface area contributed by atoms with E-state index in [0.29, 0.717) is 0 Å². The predicted molar refractivity (Wildman–Crippen MR) is 57.7 cm³/mol. The van der Waals surface area contributed by atoms with E-state index < -0.39 is 26.8 Å². The van der Waals surface area contributed by atoms with Crippen molar-refractivity contribution in [2.24, 2.45) is 10.9 Å². The lowest BCUT2D eigenvalue weighted by Crippen LogP contribution is -2.19. The molecule has 0 aliphatic rings. The van der Waals surface area contributed by atoms with Gasteiger partial charge in [-0.2, -0.15) is 0 Å². The van der Waals surface area contributed by atoms with Crippen molar-refractivity contribution in [1.29, 1.82) is 0 Å². The monoisotopic (exact) mass is 258 g/mol. The molecule has 7 nitrogen and oxygen atoms in total. The number of primary amides is 1. The SMILES string of the molecule is COC(=O)c1ccc(C(N)=O)cc1S(N)(=O)=O. The van der Waals surface area contributed by atoms with E-state index in [4.69, 9.17) is 10.9 Å². The summed E-state index contributed by atoms with van der Waals surface area (Å²) in [4.78, 5) is 21.7. The van der Waals surface area contributed by atoms with Crippen molar-refractivity contribution >= 4 is 21.9 Å². The van der Waals surface area contributed by atoms with E-state index in [0.717, 1.165) is 19.2 Å². The summed E-state index contributed by atoms with van der Waals surface area (Å²) in [5.74, 6) is -1.70. The van der Waals surface area contributed by atoms with Gasteiger partial charge in [-0.05, 0) is 18.2 Å². The number of nitrogens with two attached hydrogens (primary N) is 2. The van der Waals surface area contributed by atoms with E-state index in [1.807, 2.05) is 0 Å². The number of carbonyl (C=O) groups is 2. The first kappa shape index (κ1) is 13.1. The largest absolute Gasteiger partial charge is 0.465 e. The third kappa shape index (κ3) is 2.80. The van der Waals surface area contributed by atoms with Gasteiger partial charge < -0.3 is 10.5 Å². The first-order valence-electron chi connectivity index (χ1n) is 4.32. The molecule has 17 heavy (non-hydrogen) atoms. The highest BCUT2D eigenvalue weighted by molar-refractivity contribution is 7.89. The Kier molecular flexibility index (Phi) is 3.49. The van der Waals surface area contributed by atoms with Crippen LogP contribution in [0.4, 0.5) is 0 Å². The summed E-state index contributed by atoms with van der Waals surface area (Å²) in [6.45, 7) is 0. The molecule has 0 saturated heterocycles. The van der Waals surface area contributed by atoms with Crippen LogP contribution in [0.25, 0.3) is 0 Å². The third-order valence-corrected chi connectivity index (χ3v) is 2.93. The molecule has 0 aliphatic carbocycles. The smallest absolute Gasteiger partial charge is 0.339 e. The second kappa shape index (κ2) is 4.52. The second-order valence-electron chi connectivity index (χ2n) is 3.11. The van der Waals surface area contributed by atoms with Crippen LogP contribution in [0.3, 0.4) is 0 Å². The van der Waals surface area contributed by atoms with Crippen LogP contribution in [0.2, 0.25) is 0 Å². The molecule has 8 heteroatoms. The lowest BCUT2D eigenvalue weighted by Gasteiger charge is -2.07. The molecular weight excluding hydrogens is 248 g/mol. The number of hydrogen-bond donors (Lipinski definition) is 2. The van der Waals surface area contributed by atoms with Gasteiger partial charge in [0.1, 0.15) is 0 Å². The predicted octanol–water partition coefficient (Wildman–Crippen LogP) is -0.780. The summed E-state index contributed by atoms with van der Waals surface area (Å²) in [7, 11) is -3.06. The van der Waals surface area contributed by atoms with Crippen LogP contribution in [0.5, 0.6) is 0 Å². The summed E-state index contributed by atoms with van der Waals surface area (Å²) < 4.78 is 26.9. The maximum atomic E-state index is 11.3. The van der Waals surface area contributed by atoms with Gasteiger partial charge in [-0.3, -0.25) is 4.79 Å². The number of ether oxygens (including phenoxy) is 1. The topological polar surface area (TPSA) is 130 Å². The summed E-state index contributed by atoms with van der Waals surface area (Å²) in [6.07, 6.45) is 0. The molecule has 0 heterocycles. The summed E-state index contributed by atoms with van der Waals surface area (Å²) in [5, 5.41) is 4.93. The Bertz CT molecular complexity index is 579. The van der Waals surface area contributed by atoms with E-state index in [9.17, 15) is 18.0 Å². The molecule has 0 radical (unpaired) electrons. The molecule has 0 bridgehead atoms. The number of sulfonamides is 1. The van der Waals surface area contributed by atoms with Gasteiger partial charge in [0.05, 0.1) is 17.6 Å². The summed E-state index contributed by atoms with van der Waals surface area (Å²) in [6, 6.07) is 3.26. The Morgan fingerprint density at radius 3 is 2.29 bits per heavy atom. The van der Waals surface area contributed by atoms with Gasteiger partial charge in [-0.1, -0.05) is 0 Å². The van der Waals surface area contributed by atoms with E-state index in [-0.39, 0.29) is 11.1 Å². The van der Waals surface area contributed by atoms with Crippen LogP contribution in [0, 0.1) is 0 Å². The minimum Gasteiger partial charge on any atom is -0.465 e. The maximum Gasteiger partial charge on any atom is 0.339 e. The van der Waals surface area contributed by atoms with Crippen LogP contribution in [0.1, 0.15) is 20.7 Å². The highest BCUT2D eigenvalue weighted by atomic mass is 32.2. The lowest BCUT2D eigenvalue weighted by molar-refractivity contribution is 0.0596. The van der Waals surface area contributed by atoms with Crippen molar-refractivity contribution in [2.75, 3.05) is 7.11 Å². The molecule has 0 fully saturated rings. The van der Waals surface area contributed by atoms with E-state index >= 15 is 0 Å². The summed E-state index contributed by atoms with van der Waals surface area (Å²) >= 11 is 0. The fourth-order valence-electron chi connectivity index (χ4n) is 1.19. The Hall–Kier alpha value is -1.93. The highest BCUT2D eigenvalue weighted by Crippen LogP contribution is 2.17. The average Bonchev–Trinajstić information content (AvgIpc) is 2.26. The number of hydrogen-bond acceptors (Lipinski definition) is 5. The molecule has 92 valence electrons.